The average Bonchev–Trinajstić information content (AvgIpc) is 3.68. The van der Waals surface area contributed by atoms with Gasteiger partial charge in [0, 0.05) is 16.7 Å². The Kier molecular flexibility index (Phi) is 9.45. The molecule has 1 heterocycles. The maximum absolute atomic E-state index is 8.31. The number of benzene rings is 9. The Labute approximate surface area is 368 Å². The predicted molar refractivity (Wildman–Crippen MR) is 258 cm³/mol. The van der Waals surface area contributed by atoms with Gasteiger partial charge in [-0.05, 0) is 103 Å². The summed E-state index contributed by atoms with van der Waals surface area (Å²) in [7, 11) is 0. The van der Waals surface area contributed by atoms with Crippen LogP contribution in [0.4, 0.5) is 5.69 Å². The molecule has 0 bridgehead atoms. The summed E-state index contributed by atoms with van der Waals surface area (Å²) in [6, 6.07) is 83.2. The van der Waals surface area contributed by atoms with Gasteiger partial charge in [0.1, 0.15) is 0 Å². The van der Waals surface area contributed by atoms with Crippen molar-refractivity contribution in [1.29, 1.82) is 0 Å². The zero-order chi connectivity index (χ0) is 42.2. The minimum atomic E-state index is -0.589. The predicted octanol–water partition coefficient (Wildman–Crippen LogP) is 15.4. The van der Waals surface area contributed by atoms with Gasteiger partial charge in [0.05, 0.1) is 23.4 Å². The molecular weight excluding hydrogens is 763 g/mol. The molecule has 0 amide bonds. The van der Waals surface area contributed by atoms with E-state index in [1.54, 1.807) is 0 Å². The molecule has 0 spiro atoms. The Hall–Kier alpha value is -8.45. The van der Waals surface area contributed by atoms with Crippen molar-refractivity contribution >= 4 is 5.69 Å². The summed E-state index contributed by atoms with van der Waals surface area (Å²) in [6.45, 7) is 8.31. The molecule has 0 atom stereocenters. The van der Waals surface area contributed by atoms with Crippen LogP contribution in [-0.4, -0.2) is 9.97 Å². The van der Waals surface area contributed by atoms with Crippen LogP contribution in [0.5, 0.6) is 0 Å². The van der Waals surface area contributed by atoms with E-state index in [9.17, 15) is 0 Å². The molecule has 1 aliphatic carbocycles. The van der Waals surface area contributed by atoms with Crippen molar-refractivity contribution in [2.24, 2.45) is 0 Å². The standard InChI is InChI=1S/C60H39N3/c1-61-55-32-18-31-54-58(55)52-39-45(33-34-53(52)60(54,50-27-13-5-14-28-50)51-29-15-6-16-30-51)44-25-17-26-46(35-44)59-62-56(43-23-11-4-12-24-43)40-57(63-59)49-37-47(41-19-7-2-8-20-41)36-48(38-49)42-21-9-3-10-22-42/h2-40H. The van der Waals surface area contributed by atoms with Crippen molar-refractivity contribution in [2.45, 2.75) is 5.41 Å². The maximum atomic E-state index is 8.31. The lowest BCUT2D eigenvalue weighted by Gasteiger charge is -2.34. The van der Waals surface area contributed by atoms with E-state index in [2.05, 4.69) is 223 Å². The van der Waals surface area contributed by atoms with Gasteiger partial charge < -0.3 is 0 Å². The molecule has 9 aromatic carbocycles. The van der Waals surface area contributed by atoms with E-state index >= 15 is 0 Å². The zero-order valence-electron chi connectivity index (χ0n) is 34.4. The van der Waals surface area contributed by atoms with Crippen LogP contribution in [0.25, 0.3) is 83.3 Å². The highest BCUT2D eigenvalue weighted by atomic mass is 14.9. The first-order chi connectivity index (χ1) is 31.2. The second kappa shape index (κ2) is 15.9. The van der Waals surface area contributed by atoms with Crippen LogP contribution in [-0.2, 0) is 5.41 Å². The van der Waals surface area contributed by atoms with E-state index in [0.717, 1.165) is 78.1 Å². The Bertz CT molecular complexity index is 3220. The lowest BCUT2D eigenvalue weighted by molar-refractivity contribution is 0.769. The second-order valence-corrected chi connectivity index (χ2v) is 16.0. The van der Waals surface area contributed by atoms with Gasteiger partial charge in [-0.3, -0.25) is 0 Å². The van der Waals surface area contributed by atoms with E-state index in [-0.39, 0.29) is 0 Å². The number of nitrogens with zero attached hydrogens (tertiary/aromatic N) is 3. The molecule has 3 heteroatoms. The summed E-state index contributed by atoms with van der Waals surface area (Å²) in [5.41, 5.74) is 18.1. The molecule has 63 heavy (non-hydrogen) atoms. The topological polar surface area (TPSA) is 30.1 Å². The minimum Gasteiger partial charge on any atom is -0.238 e. The van der Waals surface area contributed by atoms with Crippen LogP contribution in [0.15, 0.2) is 237 Å². The van der Waals surface area contributed by atoms with Crippen LogP contribution in [0.2, 0.25) is 0 Å². The normalized spacial score (nSPS) is 12.2. The summed E-state index contributed by atoms with van der Waals surface area (Å²) in [6.07, 6.45) is 0. The highest BCUT2D eigenvalue weighted by molar-refractivity contribution is 5.95. The first-order valence-corrected chi connectivity index (χ1v) is 21.3. The lowest BCUT2D eigenvalue weighted by atomic mass is 9.67. The van der Waals surface area contributed by atoms with Gasteiger partial charge in [-0.1, -0.05) is 200 Å². The fraction of sp³-hybridized carbons (Fsp3) is 0.0167. The molecular formula is C60H39N3. The van der Waals surface area contributed by atoms with Gasteiger partial charge >= 0.3 is 0 Å². The van der Waals surface area contributed by atoms with Gasteiger partial charge in [-0.2, -0.15) is 0 Å². The fourth-order valence-corrected chi connectivity index (χ4v) is 9.49. The SMILES string of the molecule is [C-]#[N+]c1cccc2c1-c1cc(-c3cccc(-c4nc(-c5ccccc5)cc(-c5cc(-c6ccccc6)cc(-c6ccccc6)c5)n4)c3)ccc1C2(c1ccccc1)c1ccccc1. The quantitative estimate of drug-likeness (QED) is 0.143. The van der Waals surface area contributed by atoms with Crippen LogP contribution in [0, 0.1) is 6.57 Å². The van der Waals surface area contributed by atoms with Crippen LogP contribution >= 0.6 is 0 Å². The number of fused-ring (bicyclic) bond motifs is 3. The third-order valence-electron chi connectivity index (χ3n) is 12.4. The number of hydrogen-bond acceptors (Lipinski definition) is 2. The van der Waals surface area contributed by atoms with Crippen molar-refractivity contribution in [3.05, 3.63) is 270 Å². The molecule has 0 fully saturated rings. The third kappa shape index (κ3) is 6.63. The zero-order valence-corrected chi connectivity index (χ0v) is 34.4. The molecule has 3 nitrogen and oxygen atoms in total. The van der Waals surface area contributed by atoms with E-state index in [1.165, 1.54) is 16.7 Å². The fourth-order valence-electron chi connectivity index (χ4n) is 9.49. The molecule has 0 saturated carbocycles. The Morgan fingerprint density at radius 2 is 0.794 bits per heavy atom. The van der Waals surface area contributed by atoms with Crippen LogP contribution in [0.3, 0.4) is 0 Å². The Morgan fingerprint density at radius 3 is 1.38 bits per heavy atom. The van der Waals surface area contributed by atoms with E-state index in [1.807, 2.05) is 18.2 Å². The lowest BCUT2D eigenvalue weighted by Crippen LogP contribution is -2.28. The van der Waals surface area contributed by atoms with Gasteiger partial charge in [-0.25, -0.2) is 14.8 Å². The van der Waals surface area contributed by atoms with E-state index in [4.69, 9.17) is 16.5 Å². The third-order valence-corrected chi connectivity index (χ3v) is 12.4. The van der Waals surface area contributed by atoms with Gasteiger partial charge in [0.2, 0.25) is 0 Å². The maximum Gasteiger partial charge on any atom is 0.195 e. The first-order valence-electron chi connectivity index (χ1n) is 21.3. The van der Waals surface area contributed by atoms with Crippen LogP contribution in [0.1, 0.15) is 22.3 Å². The molecule has 0 saturated heterocycles. The second-order valence-electron chi connectivity index (χ2n) is 16.0. The molecule has 1 aliphatic rings. The van der Waals surface area contributed by atoms with Crippen molar-refractivity contribution < 1.29 is 0 Å². The number of rotatable bonds is 8. The number of hydrogen-bond donors (Lipinski definition) is 0. The average molecular weight is 802 g/mol. The van der Waals surface area contributed by atoms with E-state index < -0.39 is 5.41 Å². The smallest absolute Gasteiger partial charge is 0.195 e. The Morgan fingerprint density at radius 1 is 0.333 bits per heavy atom. The summed E-state index contributed by atoms with van der Waals surface area (Å²) in [4.78, 5) is 14.7. The molecule has 11 rings (SSSR count). The van der Waals surface area contributed by atoms with Gasteiger partial charge in [-0.15, -0.1) is 0 Å². The van der Waals surface area contributed by atoms with Crippen molar-refractivity contribution in [2.75, 3.05) is 0 Å². The van der Waals surface area contributed by atoms with Gasteiger partial charge in [0.15, 0.2) is 11.5 Å². The van der Waals surface area contributed by atoms with Crippen LogP contribution < -0.4 is 0 Å². The first kappa shape index (κ1) is 37.5. The molecule has 294 valence electrons. The number of aromatic nitrogens is 2. The summed E-state index contributed by atoms with van der Waals surface area (Å²) >= 11 is 0. The van der Waals surface area contributed by atoms with Crippen molar-refractivity contribution in [1.82, 2.24) is 9.97 Å². The molecule has 0 radical (unpaired) electrons. The molecule has 0 unspecified atom stereocenters. The minimum absolute atomic E-state index is 0.589. The molecule has 0 aliphatic heterocycles. The molecule has 0 N–H and O–H groups in total. The highest BCUT2D eigenvalue weighted by Crippen LogP contribution is 2.59. The summed E-state index contributed by atoms with van der Waals surface area (Å²) < 4.78 is 0. The van der Waals surface area contributed by atoms with E-state index in [0.29, 0.717) is 11.5 Å². The van der Waals surface area contributed by atoms with Gasteiger partial charge in [0.25, 0.3) is 0 Å². The highest BCUT2D eigenvalue weighted by Gasteiger charge is 2.46. The van der Waals surface area contributed by atoms with Crippen molar-refractivity contribution in [3.8, 4) is 78.4 Å². The largest absolute Gasteiger partial charge is 0.238 e. The monoisotopic (exact) mass is 801 g/mol. The summed E-state index contributed by atoms with van der Waals surface area (Å²) in [5.74, 6) is 0.647. The molecule has 1 aromatic heterocycles. The molecule has 10 aromatic rings. The Balaban J connectivity index is 1.08. The van der Waals surface area contributed by atoms with Crippen molar-refractivity contribution in [3.63, 3.8) is 0 Å². The summed E-state index contributed by atoms with van der Waals surface area (Å²) in [5, 5.41) is 0.